The van der Waals surface area contributed by atoms with Crippen LogP contribution in [0.2, 0.25) is 0 Å². The summed E-state index contributed by atoms with van der Waals surface area (Å²) in [6, 6.07) is 11.1. The van der Waals surface area contributed by atoms with Crippen molar-refractivity contribution in [3.8, 4) is 0 Å². The molecule has 5 rings (SSSR count). The minimum absolute atomic E-state index is 0.0923. The first-order valence-electron chi connectivity index (χ1n) is 13.0. The molecule has 2 N–H and O–H groups in total. The molecule has 0 spiro atoms. The van der Waals surface area contributed by atoms with Crippen LogP contribution in [0.3, 0.4) is 0 Å². The zero-order valence-electron chi connectivity index (χ0n) is 21.5. The van der Waals surface area contributed by atoms with Gasteiger partial charge in [-0.05, 0) is 12.1 Å². The van der Waals surface area contributed by atoms with E-state index in [1.807, 2.05) is 24.3 Å². The summed E-state index contributed by atoms with van der Waals surface area (Å²) in [4.78, 5) is 27.3. The Hall–Kier alpha value is -2.78. The smallest absolute Gasteiger partial charge is 0.196 e. The van der Waals surface area contributed by atoms with Crippen LogP contribution in [0.5, 0.6) is 0 Å². The Morgan fingerprint density at radius 1 is 0.667 bits per heavy atom. The predicted octanol–water partition coefficient (Wildman–Crippen LogP) is 2.24. The van der Waals surface area contributed by atoms with Gasteiger partial charge in [-0.15, -0.1) is 0 Å². The van der Waals surface area contributed by atoms with Gasteiger partial charge in [0, 0.05) is 22.5 Å². The first-order chi connectivity index (χ1) is 17.4. The van der Waals surface area contributed by atoms with Crippen molar-refractivity contribution in [3.05, 3.63) is 58.7 Å². The summed E-state index contributed by atoms with van der Waals surface area (Å²) in [6.45, 7) is 10.4. The highest BCUT2D eigenvalue weighted by Crippen LogP contribution is 2.35. The lowest BCUT2D eigenvalue weighted by Gasteiger charge is -2.37. The zero-order chi connectivity index (χ0) is 25.2. The molecule has 8 heteroatoms. The fourth-order valence-electron chi connectivity index (χ4n) is 5.47. The Bertz CT molecular complexity index is 1050. The second-order valence-electron chi connectivity index (χ2n) is 10.8. The van der Waals surface area contributed by atoms with E-state index in [9.17, 15) is 9.59 Å². The molecule has 0 radical (unpaired) electrons. The number of benzene rings is 2. The van der Waals surface area contributed by atoms with E-state index < -0.39 is 0 Å². The summed E-state index contributed by atoms with van der Waals surface area (Å²) in [6.07, 6.45) is 0. The Balaban J connectivity index is 1.32. The number of anilines is 2. The molecule has 0 atom stereocenters. The van der Waals surface area contributed by atoms with Crippen molar-refractivity contribution in [2.75, 3.05) is 104 Å². The Morgan fingerprint density at radius 2 is 1.06 bits per heavy atom. The van der Waals surface area contributed by atoms with Crippen LogP contribution in [0.1, 0.15) is 31.8 Å². The number of carbonyl (C=O) groups excluding carboxylic acids is 2. The molecule has 0 unspecified atom stereocenters. The molecule has 2 aromatic carbocycles. The lowest BCUT2D eigenvalue weighted by atomic mass is 9.82. The largest absolute Gasteiger partial charge is 0.379 e. The van der Waals surface area contributed by atoms with Crippen molar-refractivity contribution < 1.29 is 28.0 Å². The third-order valence-corrected chi connectivity index (χ3v) is 8.11. The minimum Gasteiger partial charge on any atom is -0.379 e. The number of carbonyl (C=O) groups is 2. The number of rotatable bonds is 8. The summed E-state index contributed by atoms with van der Waals surface area (Å²) < 4.78 is 12.9. The van der Waals surface area contributed by atoms with Crippen LogP contribution in [0.25, 0.3) is 0 Å². The summed E-state index contributed by atoms with van der Waals surface area (Å²) in [5.41, 5.74) is 3.40. The maximum absolute atomic E-state index is 13.7. The number of nitrogens with one attached hydrogen (secondary N) is 2. The number of ketones is 2. The van der Waals surface area contributed by atoms with E-state index in [2.05, 4.69) is 24.7 Å². The van der Waals surface area contributed by atoms with E-state index in [1.165, 1.54) is 0 Å². The van der Waals surface area contributed by atoms with Crippen LogP contribution in [-0.2, 0) is 9.47 Å². The lowest BCUT2D eigenvalue weighted by Crippen LogP contribution is -2.53. The minimum atomic E-state index is -0.0923. The average molecular weight is 495 g/mol. The maximum atomic E-state index is 13.7. The number of hydrogen-bond donors (Lipinski definition) is 2. The van der Waals surface area contributed by atoms with Gasteiger partial charge in [-0.3, -0.25) is 9.59 Å². The summed E-state index contributed by atoms with van der Waals surface area (Å²) in [5.74, 6) is -0.185. The van der Waals surface area contributed by atoms with Gasteiger partial charge >= 0.3 is 0 Å². The van der Waals surface area contributed by atoms with Crippen molar-refractivity contribution in [3.63, 3.8) is 0 Å². The molecule has 8 nitrogen and oxygen atoms in total. The standard InChI is InChI=1S/C28H36N4O4/c1-31(13-17-35-18-14-31)11-9-29-23-7-3-5-21-25(23)27(33)22-6-4-8-24(26(22)28(21)34)30-10-12-32(2)15-19-36-20-16-32/h3-8H,9-20H2,1-2H3/p+2. The van der Waals surface area contributed by atoms with Gasteiger partial charge in [0.1, 0.15) is 26.2 Å². The number of ether oxygens (including phenoxy) is 2. The van der Waals surface area contributed by atoms with E-state index >= 15 is 0 Å². The number of fused-ring (bicyclic) bond motifs is 2. The van der Waals surface area contributed by atoms with Crippen LogP contribution >= 0.6 is 0 Å². The Labute approximate surface area is 213 Å². The molecular formula is C28H38N4O4+2. The Kier molecular flexibility index (Phi) is 7.12. The number of hydrogen-bond acceptors (Lipinski definition) is 6. The molecule has 3 aliphatic rings. The average Bonchev–Trinajstić information content (AvgIpc) is 2.88. The highest BCUT2D eigenvalue weighted by Gasteiger charge is 2.34. The summed E-state index contributed by atoms with van der Waals surface area (Å²) in [5, 5.41) is 6.92. The van der Waals surface area contributed by atoms with E-state index in [0.29, 0.717) is 22.3 Å². The molecule has 1 aliphatic carbocycles. The first kappa shape index (κ1) is 24.9. The molecule has 192 valence electrons. The van der Waals surface area contributed by atoms with Gasteiger partial charge in [0.05, 0.1) is 77.8 Å². The van der Waals surface area contributed by atoms with Gasteiger partial charge in [0.15, 0.2) is 11.6 Å². The predicted molar refractivity (Wildman–Crippen MR) is 140 cm³/mol. The fraction of sp³-hybridized carbons (Fsp3) is 0.500. The number of likely N-dealkylation sites (N-methyl/N-ethyl adjacent to an activating group) is 2. The van der Waals surface area contributed by atoms with E-state index in [-0.39, 0.29) is 11.6 Å². The van der Waals surface area contributed by atoms with Gasteiger partial charge < -0.3 is 29.1 Å². The molecular weight excluding hydrogens is 456 g/mol. The number of morpholine rings is 2. The molecule has 0 bridgehead atoms. The highest BCUT2D eigenvalue weighted by atomic mass is 16.5. The first-order valence-corrected chi connectivity index (χ1v) is 13.0. The number of nitrogens with zero attached hydrogens (tertiary/aromatic N) is 2. The van der Waals surface area contributed by atoms with Crippen molar-refractivity contribution >= 4 is 22.9 Å². The van der Waals surface area contributed by atoms with E-state index in [4.69, 9.17) is 9.47 Å². The van der Waals surface area contributed by atoms with Crippen LogP contribution in [-0.4, -0.2) is 113 Å². The molecule has 2 heterocycles. The van der Waals surface area contributed by atoms with Crippen molar-refractivity contribution in [2.45, 2.75) is 0 Å². The third kappa shape index (κ3) is 5.04. The molecule has 0 amide bonds. The van der Waals surface area contributed by atoms with Gasteiger partial charge in [-0.25, -0.2) is 0 Å². The molecule has 0 aromatic heterocycles. The normalized spacial score (nSPS) is 20.4. The molecule has 2 saturated heterocycles. The van der Waals surface area contributed by atoms with Crippen molar-refractivity contribution in [1.29, 1.82) is 0 Å². The number of quaternary nitrogens is 2. The van der Waals surface area contributed by atoms with Crippen molar-refractivity contribution in [2.24, 2.45) is 0 Å². The van der Waals surface area contributed by atoms with Gasteiger partial charge in [-0.2, -0.15) is 0 Å². The molecule has 2 fully saturated rings. The third-order valence-electron chi connectivity index (χ3n) is 8.11. The Morgan fingerprint density at radius 3 is 1.44 bits per heavy atom. The SMILES string of the molecule is C[N+]1(CCNc2cccc3c2C(=O)c2cccc(NCC[N+]4(C)CCOCC4)c2C3=O)CCOCC1. The summed E-state index contributed by atoms with van der Waals surface area (Å²) in [7, 11) is 4.48. The van der Waals surface area contributed by atoms with Crippen LogP contribution in [0.4, 0.5) is 11.4 Å². The van der Waals surface area contributed by atoms with Gasteiger partial charge in [-0.1, -0.05) is 24.3 Å². The molecule has 2 aromatic rings. The van der Waals surface area contributed by atoms with Gasteiger partial charge in [0.2, 0.25) is 0 Å². The monoisotopic (exact) mass is 494 g/mol. The van der Waals surface area contributed by atoms with Crippen LogP contribution in [0, 0.1) is 0 Å². The van der Waals surface area contributed by atoms with Crippen molar-refractivity contribution in [1.82, 2.24) is 0 Å². The molecule has 0 saturated carbocycles. The van der Waals surface area contributed by atoms with Crippen LogP contribution in [0.15, 0.2) is 36.4 Å². The molecule has 2 aliphatic heterocycles. The second-order valence-corrected chi connectivity index (χ2v) is 10.8. The molecule has 36 heavy (non-hydrogen) atoms. The quantitative estimate of drug-likeness (QED) is 0.468. The summed E-state index contributed by atoms with van der Waals surface area (Å²) >= 11 is 0. The van der Waals surface area contributed by atoms with E-state index in [0.717, 1.165) is 99.1 Å². The highest BCUT2D eigenvalue weighted by molar-refractivity contribution is 6.31. The maximum Gasteiger partial charge on any atom is 0.196 e. The van der Waals surface area contributed by atoms with E-state index in [1.54, 1.807) is 12.1 Å². The van der Waals surface area contributed by atoms with Gasteiger partial charge in [0.25, 0.3) is 0 Å². The zero-order valence-corrected chi connectivity index (χ0v) is 21.5. The fourth-order valence-corrected chi connectivity index (χ4v) is 5.47. The lowest BCUT2D eigenvalue weighted by molar-refractivity contribution is -0.915. The van der Waals surface area contributed by atoms with Crippen LogP contribution < -0.4 is 10.6 Å². The second kappa shape index (κ2) is 10.3. The topological polar surface area (TPSA) is 76.7 Å².